The van der Waals surface area contributed by atoms with Crippen LogP contribution in [0.3, 0.4) is 0 Å². The molecule has 0 saturated heterocycles. The maximum Gasteiger partial charge on any atom is 0.0886 e. The second-order valence-corrected chi connectivity index (χ2v) is 4.40. The van der Waals surface area contributed by atoms with Gasteiger partial charge in [0.15, 0.2) is 0 Å². The van der Waals surface area contributed by atoms with Crippen molar-refractivity contribution in [1.82, 2.24) is 0 Å². The smallest absolute Gasteiger partial charge is 0.0886 e. The van der Waals surface area contributed by atoms with Gasteiger partial charge in [0, 0.05) is 19.8 Å². The summed E-state index contributed by atoms with van der Waals surface area (Å²) in [6, 6.07) is 16.0. The fourth-order valence-corrected chi connectivity index (χ4v) is 1.60. The molecule has 0 N–H and O–H groups in total. The Bertz CT molecular complexity index is 542. The Morgan fingerprint density at radius 3 is 2.11 bits per heavy atom. The third-order valence-electron chi connectivity index (χ3n) is 2.75. The molecule has 0 aliphatic heterocycles. The minimum Gasteiger partial charge on any atom is -0.378 e. The molecule has 0 radical (unpaired) electrons. The predicted octanol–water partition coefficient (Wildman–Crippen LogP) is 4.48. The van der Waals surface area contributed by atoms with Crippen LogP contribution in [0.2, 0.25) is 0 Å². The Morgan fingerprint density at radius 2 is 1.50 bits per heavy atom. The summed E-state index contributed by atoms with van der Waals surface area (Å²) in [5, 5.41) is 8.51. The summed E-state index contributed by atoms with van der Waals surface area (Å²) in [6.07, 6.45) is 0. The lowest BCUT2D eigenvalue weighted by Gasteiger charge is -2.11. The highest BCUT2D eigenvalue weighted by Crippen LogP contribution is 2.23. The summed E-state index contributed by atoms with van der Waals surface area (Å²) >= 11 is 0. The van der Waals surface area contributed by atoms with Crippen molar-refractivity contribution < 1.29 is 0 Å². The molecule has 0 aliphatic carbocycles. The molecule has 0 amide bonds. The maximum atomic E-state index is 4.26. The second-order valence-electron chi connectivity index (χ2n) is 4.40. The van der Waals surface area contributed by atoms with Gasteiger partial charge in [0.05, 0.1) is 11.4 Å². The van der Waals surface area contributed by atoms with Crippen LogP contribution in [-0.4, -0.2) is 14.1 Å². The molecule has 0 aromatic heterocycles. The Balaban J connectivity index is 2.17. The largest absolute Gasteiger partial charge is 0.378 e. The lowest BCUT2D eigenvalue weighted by Crippen LogP contribution is -2.07. The molecule has 0 heterocycles. The van der Waals surface area contributed by atoms with Crippen LogP contribution in [0.25, 0.3) is 0 Å². The fourth-order valence-electron chi connectivity index (χ4n) is 1.60. The van der Waals surface area contributed by atoms with Crippen molar-refractivity contribution in [2.75, 3.05) is 19.0 Å². The fraction of sp³-hybridized carbons (Fsp3) is 0.200. The summed E-state index contributed by atoms with van der Waals surface area (Å²) in [4.78, 5) is 2.06. The summed E-state index contributed by atoms with van der Waals surface area (Å²) in [7, 11) is 4.04. The Hall–Kier alpha value is -2.16. The molecule has 3 heteroatoms. The van der Waals surface area contributed by atoms with Gasteiger partial charge in [-0.1, -0.05) is 18.2 Å². The van der Waals surface area contributed by atoms with Crippen molar-refractivity contribution in [2.24, 2.45) is 10.2 Å². The first kappa shape index (κ1) is 12.3. The molecule has 92 valence electrons. The van der Waals surface area contributed by atoms with Crippen molar-refractivity contribution in [2.45, 2.75) is 6.92 Å². The molecule has 3 nitrogen and oxygen atoms in total. The van der Waals surface area contributed by atoms with E-state index in [1.165, 1.54) is 0 Å². The first-order valence-corrected chi connectivity index (χ1v) is 5.91. The highest BCUT2D eigenvalue weighted by molar-refractivity contribution is 5.52. The van der Waals surface area contributed by atoms with E-state index in [4.69, 9.17) is 0 Å². The van der Waals surface area contributed by atoms with Gasteiger partial charge in [-0.2, -0.15) is 10.2 Å². The van der Waals surface area contributed by atoms with Crippen LogP contribution in [0.1, 0.15) is 5.56 Å². The quantitative estimate of drug-likeness (QED) is 0.726. The zero-order chi connectivity index (χ0) is 13.0. The van der Waals surface area contributed by atoms with E-state index in [0.29, 0.717) is 0 Å². The number of azo groups is 1. The number of hydrogen-bond acceptors (Lipinski definition) is 3. The average Bonchev–Trinajstić information content (AvgIpc) is 2.38. The number of anilines is 1. The van der Waals surface area contributed by atoms with Crippen molar-refractivity contribution in [3.05, 3.63) is 54.1 Å². The number of aryl methyl sites for hydroxylation is 1. The first-order valence-electron chi connectivity index (χ1n) is 5.91. The van der Waals surface area contributed by atoms with Gasteiger partial charge in [0.1, 0.15) is 0 Å². The molecule has 2 aromatic carbocycles. The summed E-state index contributed by atoms with van der Waals surface area (Å²) < 4.78 is 0. The number of benzene rings is 2. The molecule has 0 unspecified atom stereocenters. The lowest BCUT2D eigenvalue weighted by atomic mass is 10.2. The van der Waals surface area contributed by atoms with E-state index in [9.17, 15) is 0 Å². The number of rotatable bonds is 3. The summed E-state index contributed by atoms with van der Waals surface area (Å²) in [5.41, 5.74) is 4.06. The molecular weight excluding hydrogens is 222 g/mol. The van der Waals surface area contributed by atoms with Gasteiger partial charge in [0.2, 0.25) is 0 Å². The number of nitrogens with zero attached hydrogens (tertiary/aromatic N) is 3. The van der Waals surface area contributed by atoms with Gasteiger partial charge >= 0.3 is 0 Å². The van der Waals surface area contributed by atoms with E-state index >= 15 is 0 Å². The van der Waals surface area contributed by atoms with Gasteiger partial charge in [-0.05, 0) is 42.8 Å². The van der Waals surface area contributed by atoms with Crippen molar-refractivity contribution in [3.63, 3.8) is 0 Å². The molecule has 0 saturated carbocycles. The Kier molecular flexibility index (Phi) is 3.72. The number of hydrogen-bond donors (Lipinski definition) is 0. The molecule has 0 atom stereocenters. The summed E-state index contributed by atoms with van der Waals surface area (Å²) in [5.74, 6) is 0. The highest BCUT2D eigenvalue weighted by atomic mass is 15.1. The van der Waals surface area contributed by atoms with E-state index < -0.39 is 0 Å². The predicted molar refractivity (Wildman–Crippen MR) is 76.1 cm³/mol. The van der Waals surface area contributed by atoms with Gasteiger partial charge in [0.25, 0.3) is 0 Å². The second kappa shape index (κ2) is 5.45. The van der Waals surface area contributed by atoms with E-state index in [1.807, 2.05) is 69.6 Å². The Labute approximate surface area is 108 Å². The van der Waals surface area contributed by atoms with Gasteiger partial charge in [-0.25, -0.2) is 0 Å². The van der Waals surface area contributed by atoms with Crippen LogP contribution >= 0.6 is 0 Å². The van der Waals surface area contributed by atoms with Crippen molar-refractivity contribution in [3.8, 4) is 0 Å². The maximum absolute atomic E-state index is 4.26. The van der Waals surface area contributed by atoms with Crippen molar-refractivity contribution in [1.29, 1.82) is 0 Å². The van der Waals surface area contributed by atoms with E-state index in [1.54, 1.807) is 0 Å². The zero-order valence-electron chi connectivity index (χ0n) is 11.0. The molecular formula is C15H17N3. The molecule has 18 heavy (non-hydrogen) atoms. The Morgan fingerprint density at radius 1 is 0.833 bits per heavy atom. The average molecular weight is 239 g/mol. The third kappa shape index (κ3) is 2.94. The molecule has 0 aliphatic rings. The van der Waals surface area contributed by atoms with Crippen LogP contribution in [0.15, 0.2) is 58.8 Å². The van der Waals surface area contributed by atoms with Crippen LogP contribution < -0.4 is 4.90 Å². The zero-order valence-corrected chi connectivity index (χ0v) is 11.0. The normalized spacial score (nSPS) is 10.8. The lowest BCUT2D eigenvalue weighted by molar-refractivity contribution is 1.13. The van der Waals surface area contributed by atoms with Gasteiger partial charge < -0.3 is 4.90 Å². The molecule has 0 fully saturated rings. The van der Waals surface area contributed by atoms with Gasteiger partial charge in [-0.3, -0.25) is 0 Å². The molecule has 0 bridgehead atoms. The van der Waals surface area contributed by atoms with E-state index in [0.717, 1.165) is 22.6 Å². The van der Waals surface area contributed by atoms with Crippen LogP contribution in [0.5, 0.6) is 0 Å². The monoisotopic (exact) mass is 239 g/mol. The molecule has 0 spiro atoms. The van der Waals surface area contributed by atoms with Crippen LogP contribution in [-0.2, 0) is 0 Å². The van der Waals surface area contributed by atoms with Crippen molar-refractivity contribution >= 4 is 17.1 Å². The third-order valence-corrected chi connectivity index (χ3v) is 2.75. The van der Waals surface area contributed by atoms with Crippen LogP contribution in [0, 0.1) is 6.92 Å². The van der Waals surface area contributed by atoms with E-state index in [-0.39, 0.29) is 0 Å². The van der Waals surface area contributed by atoms with Gasteiger partial charge in [-0.15, -0.1) is 0 Å². The summed E-state index contributed by atoms with van der Waals surface area (Å²) in [6.45, 7) is 2.03. The SMILES string of the molecule is Cc1ccccc1N=Nc1ccc(N(C)C)cc1. The highest BCUT2D eigenvalue weighted by Gasteiger charge is 1.96. The van der Waals surface area contributed by atoms with E-state index in [2.05, 4.69) is 15.1 Å². The van der Waals surface area contributed by atoms with Crippen LogP contribution in [0.4, 0.5) is 17.1 Å². The minimum absolute atomic E-state index is 0.865. The molecule has 2 rings (SSSR count). The standard InChI is InChI=1S/C15H17N3/c1-12-6-4-5-7-15(12)17-16-13-8-10-14(11-9-13)18(2)3/h4-11H,1-3H3. The minimum atomic E-state index is 0.865. The first-order chi connectivity index (χ1) is 8.66. The topological polar surface area (TPSA) is 28.0 Å². The molecule has 2 aromatic rings.